The molecule has 1 amide bonds. The molecule has 2 N–H and O–H groups in total. The van der Waals surface area contributed by atoms with Crippen LogP contribution in [0.25, 0.3) is 0 Å². The second kappa shape index (κ2) is 8.17. The Balaban J connectivity index is 2.13. The van der Waals surface area contributed by atoms with Crippen LogP contribution in [0, 0.1) is 17.8 Å². The van der Waals surface area contributed by atoms with Gasteiger partial charge in [-0.2, -0.15) is 0 Å². The van der Waals surface area contributed by atoms with Crippen molar-refractivity contribution in [1.82, 2.24) is 5.32 Å². The lowest BCUT2D eigenvalue weighted by molar-refractivity contribution is -0.118. The zero-order valence-corrected chi connectivity index (χ0v) is 14.4. The number of aliphatic hydroxyl groups excluding tert-OH is 1. The maximum absolute atomic E-state index is 12.5. The van der Waals surface area contributed by atoms with E-state index < -0.39 is 6.10 Å². The van der Waals surface area contributed by atoms with E-state index in [2.05, 4.69) is 17.2 Å². The van der Waals surface area contributed by atoms with Crippen molar-refractivity contribution >= 4 is 5.91 Å². The summed E-state index contributed by atoms with van der Waals surface area (Å²) in [7, 11) is 0. The molecule has 2 aliphatic carbocycles. The van der Waals surface area contributed by atoms with E-state index in [-0.39, 0.29) is 11.9 Å². The molecule has 0 aromatic rings. The lowest BCUT2D eigenvalue weighted by Gasteiger charge is -2.27. The number of hydrogen-bond donors (Lipinski definition) is 2. The van der Waals surface area contributed by atoms with Crippen LogP contribution in [0.15, 0.2) is 34.9 Å². The van der Waals surface area contributed by atoms with Crippen molar-refractivity contribution in [2.45, 2.75) is 65.0 Å². The van der Waals surface area contributed by atoms with Gasteiger partial charge < -0.3 is 10.4 Å². The first-order valence-corrected chi connectivity index (χ1v) is 8.57. The van der Waals surface area contributed by atoms with Gasteiger partial charge in [-0.25, -0.2) is 0 Å². The third-order valence-electron chi connectivity index (χ3n) is 4.48. The van der Waals surface area contributed by atoms with Gasteiger partial charge in [-0.15, -0.1) is 0 Å². The average molecular weight is 313 g/mol. The number of carbonyl (C=O) groups is 1. The van der Waals surface area contributed by atoms with Crippen molar-refractivity contribution in [1.29, 1.82) is 0 Å². The van der Waals surface area contributed by atoms with E-state index in [1.165, 1.54) is 19.3 Å². The fraction of sp³-hybridized carbons (Fsp3) is 0.550. The first-order valence-electron chi connectivity index (χ1n) is 8.57. The Morgan fingerprint density at radius 3 is 2.43 bits per heavy atom. The summed E-state index contributed by atoms with van der Waals surface area (Å²) in [6.45, 7) is 5.43. The summed E-state index contributed by atoms with van der Waals surface area (Å²) in [6.07, 6.45) is 10.6. The van der Waals surface area contributed by atoms with Crippen molar-refractivity contribution in [3.63, 3.8) is 0 Å². The van der Waals surface area contributed by atoms with Crippen LogP contribution < -0.4 is 5.32 Å². The Bertz CT molecular complexity index is 591. The summed E-state index contributed by atoms with van der Waals surface area (Å²) >= 11 is 0. The molecule has 0 aromatic heterocycles. The van der Waals surface area contributed by atoms with Gasteiger partial charge in [0.25, 0.3) is 5.91 Å². The Morgan fingerprint density at radius 1 is 1.26 bits per heavy atom. The molecule has 3 nitrogen and oxygen atoms in total. The smallest absolute Gasteiger partial charge is 0.251 e. The van der Waals surface area contributed by atoms with E-state index in [0.717, 1.165) is 18.4 Å². The molecule has 0 spiro atoms. The van der Waals surface area contributed by atoms with E-state index >= 15 is 0 Å². The fourth-order valence-corrected chi connectivity index (χ4v) is 2.22. The predicted octanol–water partition coefficient (Wildman–Crippen LogP) is 3.27. The molecule has 23 heavy (non-hydrogen) atoms. The van der Waals surface area contributed by atoms with Gasteiger partial charge in [0.15, 0.2) is 0 Å². The van der Waals surface area contributed by atoms with E-state index in [1.807, 2.05) is 19.1 Å². The SMILES string of the molecule is CC=C(C#CC1CC1)C=CC(C(=O)NC1CCC1)=C(C)C(C)O. The van der Waals surface area contributed by atoms with Crippen molar-refractivity contribution in [3.05, 3.63) is 34.9 Å². The number of carbonyl (C=O) groups excluding carboxylic acids is 1. The standard InChI is InChI=1S/C20H27NO2/c1-4-16(8-9-17-10-11-17)12-13-19(14(2)15(3)22)20(23)21-18-6-5-7-18/h4,12-13,15,17-18,22H,5-7,10-11H2,1-3H3,(H,21,23). The van der Waals surface area contributed by atoms with Gasteiger partial charge in [0.05, 0.1) is 6.10 Å². The number of aliphatic hydroxyl groups is 1. The molecular weight excluding hydrogens is 286 g/mol. The number of nitrogens with one attached hydrogen (secondary N) is 1. The third kappa shape index (κ3) is 5.41. The number of hydrogen-bond acceptors (Lipinski definition) is 2. The second-order valence-electron chi connectivity index (χ2n) is 6.49. The molecule has 2 fully saturated rings. The summed E-state index contributed by atoms with van der Waals surface area (Å²) < 4.78 is 0. The van der Waals surface area contributed by atoms with Gasteiger partial charge in [0.2, 0.25) is 0 Å². The van der Waals surface area contributed by atoms with Gasteiger partial charge in [-0.1, -0.05) is 17.9 Å². The molecule has 0 radical (unpaired) electrons. The van der Waals surface area contributed by atoms with E-state index in [1.54, 1.807) is 19.9 Å². The minimum absolute atomic E-state index is 0.102. The minimum atomic E-state index is -0.645. The predicted molar refractivity (Wildman–Crippen MR) is 93.6 cm³/mol. The van der Waals surface area contributed by atoms with Crippen LogP contribution in [0.1, 0.15) is 52.9 Å². The Hall–Kier alpha value is -1.79. The molecule has 0 heterocycles. The second-order valence-corrected chi connectivity index (χ2v) is 6.49. The topological polar surface area (TPSA) is 49.3 Å². The normalized spacial score (nSPS) is 21.1. The van der Waals surface area contributed by atoms with Crippen LogP contribution >= 0.6 is 0 Å². The van der Waals surface area contributed by atoms with Crippen LogP contribution in [-0.2, 0) is 4.79 Å². The van der Waals surface area contributed by atoms with Crippen molar-refractivity contribution < 1.29 is 9.90 Å². The Morgan fingerprint density at radius 2 is 1.96 bits per heavy atom. The van der Waals surface area contributed by atoms with E-state index in [9.17, 15) is 9.90 Å². The Labute approximate surface area is 139 Å². The van der Waals surface area contributed by atoms with Crippen LogP contribution in [0.5, 0.6) is 0 Å². The molecule has 0 saturated heterocycles. The first-order chi connectivity index (χ1) is 11.0. The minimum Gasteiger partial charge on any atom is -0.389 e. The number of allylic oxidation sites excluding steroid dienone is 3. The van der Waals surface area contributed by atoms with Crippen molar-refractivity contribution in [2.24, 2.45) is 5.92 Å². The van der Waals surface area contributed by atoms with Crippen molar-refractivity contribution in [2.75, 3.05) is 0 Å². The molecule has 0 aliphatic heterocycles. The molecule has 3 heteroatoms. The largest absolute Gasteiger partial charge is 0.389 e. The van der Waals surface area contributed by atoms with Crippen LogP contribution in [-0.4, -0.2) is 23.2 Å². The highest BCUT2D eigenvalue weighted by Gasteiger charge is 2.22. The lowest BCUT2D eigenvalue weighted by atomic mass is 9.92. The maximum atomic E-state index is 12.5. The lowest BCUT2D eigenvalue weighted by Crippen LogP contribution is -2.40. The van der Waals surface area contributed by atoms with Crippen LogP contribution in [0.3, 0.4) is 0 Å². The zero-order chi connectivity index (χ0) is 16.8. The fourth-order valence-electron chi connectivity index (χ4n) is 2.22. The first kappa shape index (κ1) is 17.6. The molecule has 1 unspecified atom stereocenters. The highest BCUT2D eigenvalue weighted by molar-refractivity contribution is 5.97. The van der Waals surface area contributed by atoms with Crippen LogP contribution in [0.2, 0.25) is 0 Å². The maximum Gasteiger partial charge on any atom is 0.251 e. The van der Waals surface area contributed by atoms with Gasteiger partial charge in [-0.3, -0.25) is 4.79 Å². The van der Waals surface area contributed by atoms with Crippen molar-refractivity contribution in [3.8, 4) is 11.8 Å². The molecule has 0 bridgehead atoms. The average Bonchev–Trinajstić information content (AvgIpc) is 3.30. The van der Waals surface area contributed by atoms with Gasteiger partial charge in [0.1, 0.15) is 0 Å². The van der Waals surface area contributed by atoms with Crippen LogP contribution in [0.4, 0.5) is 0 Å². The quantitative estimate of drug-likeness (QED) is 0.465. The summed E-state index contributed by atoms with van der Waals surface area (Å²) in [5.41, 5.74) is 2.13. The van der Waals surface area contributed by atoms with Gasteiger partial charge >= 0.3 is 0 Å². The zero-order valence-electron chi connectivity index (χ0n) is 14.4. The Kier molecular flexibility index (Phi) is 6.24. The number of amides is 1. The van der Waals surface area contributed by atoms with Gasteiger partial charge in [0, 0.05) is 23.1 Å². The highest BCUT2D eigenvalue weighted by Crippen LogP contribution is 2.27. The molecule has 2 rings (SSSR count). The molecule has 2 saturated carbocycles. The third-order valence-corrected chi connectivity index (χ3v) is 4.48. The molecule has 2 aliphatic rings. The monoisotopic (exact) mass is 313 g/mol. The molecule has 1 atom stereocenters. The molecule has 124 valence electrons. The van der Waals surface area contributed by atoms with E-state index in [4.69, 9.17) is 0 Å². The van der Waals surface area contributed by atoms with Gasteiger partial charge in [-0.05, 0) is 70.6 Å². The summed E-state index contributed by atoms with van der Waals surface area (Å²) in [5.74, 6) is 6.84. The summed E-state index contributed by atoms with van der Waals surface area (Å²) in [5, 5.41) is 12.9. The van der Waals surface area contributed by atoms with E-state index in [0.29, 0.717) is 17.1 Å². The summed E-state index contributed by atoms with van der Waals surface area (Å²) in [4.78, 5) is 12.5. The number of rotatable bonds is 5. The molecular formula is C20H27NO2. The molecule has 0 aromatic carbocycles. The highest BCUT2D eigenvalue weighted by atomic mass is 16.3. The summed E-state index contributed by atoms with van der Waals surface area (Å²) in [6, 6.07) is 0.281.